The maximum atomic E-state index is 5.55. The van der Waals surface area contributed by atoms with Crippen LogP contribution in [0.4, 0.5) is 0 Å². The molecular weight excluding hydrogens is 408 g/mol. The molecule has 2 N–H and O–H groups in total. The van der Waals surface area contributed by atoms with Crippen LogP contribution in [-0.2, 0) is 6.42 Å². The van der Waals surface area contributed by atoms with E-state index in [4.69, 9.17) is 9.47 Å². The summed E-state index contributed by atoms with van der Waals surface area (Å²) in [5, 5.41) is 4.49. The summed E-state index contributed by atoms with van der Waals surface area (Å²) in [6.45, 7) is 5.55. The summed E-state index contributed by atoms with van der Waals surface area (Å²) < 4.78 is 11.0. The first kappa shape index (κ1) is 22.9. The number of fused-ring (bicyclic) bond motifs is 1. The van der Waals surface area contributed by atoms with E-state index in [0.29, 0.717) is 5.92 Å². The number of nitrogens with one attached hydrogen (secondary N) is 2. The Morgan fingerprint density at radius 1 is 0.818 bits per heavy atom. The third-order valence-corrected chi connectivity index (χ3v) is 6.27. The maximum Gasteiger partial charge on any atom is 0.161 e. The number of benzene rings is 3. The first-order valence-corrected chi connectivity index (χ1v) is 11.7. The second-order valence-corrected chi connectivity index (χ2v) is 8.80. The van der Waals surface area contributed by atoms with Crippen molar-refractivity contribution in [1.29, 1.82) is 0 Å². The molecule has 33 heavy (non-hydrogen) atoms. The van der Waals surface area contributed by atoms with Crippen molar-refractivity contribution in [1.82, 2.24) is 10.3 Å². The van der Waals surface area contributed by atoms with Gasteiger partial charge in [0.15, 0.2) is 11.5 Å². The smallest absolute Gasteiger partial charge is 0.161 e. The van der Waals surface area contributed by atoms with Gasteiger partial charge in [0.25, 0.3) is 0 Å². The highest BCUT2D eigenvalue weighted by Gasteiger charge is 2.18. The summed E-state index contributed by atoms with van der Waals surface area (Å²) in [4.78, 5) is 3.66. The molecule has 0 aliphatic carbocycles. The second-order valence-electron chi connectivity index (χ2n) is 8.80. The van der Waals surface area contributed by atoms with E-state index >= 15 is 0 Å². The lowest BCUT2D eigenvalue weighted by Crippen LogP contribution is -2.08. The van der Waals surface area contributed by atoms with Gasteiger partial charge in [-0.2, -0.15) is 0 Å². The van der Waals surface area contributed by atoms with Crippen molar-refractivity contribution >= 4 is 10.9 Å². The lowest BCUT2D eigenvalue weighted by atomic mass is 9.94. The zero-order chi connectivity index (χ0) is 23.4. The summed E-state index contributed by atoms with van der Waals surface area (Å²) in [5.41, 5.74) is 8.58. The predicted octanol–water partition coefficient (Wildman–Crippen LogP) is 6.79. The second kappa shape index (κ2) is 10.1. The van der Waals surface area contributed by atoms with Gasteiger partial charge in [0, 0.05) is 16.5 Å². The Morgan fingerprint density at radius 3 is 2.18 bits per heavy atom. The topological polar surface area (TPSA) is 46.3 Å². The number of aromatic amines is 1. The van der Waals surface area contributed by atoms with Crippen molar-refractivity contribution in [2.24, 2.45) is 0 Å². The third-order valence-electron chi connectivity index (χ3n) is 6.27. The standard InChI is InChI=1S/C29H34N2O2/c1-19(2)28-24-17-22(21-10-8-20(9-11-21)7-6-16-30-3)12-14-25(24)31-29(28)23-13-15-26(32-4)27(18-23)33-5/h8-15,17-19,30-31H,6-7,16H2,1-5H3. The molecular formula is C29H34N2O2. The van der Waals surface area contributed by atoms with E-state index in [2.05, 4.69) is 72.7 Å². The number of hydrogen-bond donors (Lipinski definition) is 2. The zero-order valence-corrected chi connectivity index (χ0v) is 20.3. The highest BCUT2D eigenvalue weighted by atomic mass is 16.5. The van der Waals surface area contributed by atoms with Crippen molar-refractivity contribution in [2.45, 2.75) is 32.6 Å². The van der Waals surface area contributed by atoms with Gasteiger partial charge >= 0.3 is 0 Å². The molecule has 0 saturated heterocycles. The van der Waals surface area contributed by atoms with Crippen LogP contribution in [0.3, 0.4) is 0 Å². The Kier molecular flexibility index (Phi) is 7.05. The van der Waals surface area contributed by atoms with Crippen LogP contribution in [-0.4, -0.2) is 32.8 Å². The Labute approximate surface area is 196 Å². The predicted molar refractivity (Wildman–Crippen MR) is 139 cm³/mol. The van der Waals surface area contributed by atoms with Crippen LogP contribution in [0, 0.1) is 0 Å². The van der Waals surface area contributed by atoms with E-state index in [1.807, 2.05) is 19.2 Å². The molecule has 0 atom stereocenters. The van der Waals surface area contributed by atoms with Crippen LogP contribution in [0.15, 0.2) is 60.7 Å². The lowest BCUT2D eigenvalue weighted by Gasteiger charge is -2.12. The number of methoxy groups -OCH3 is 2. The van der Waals surface area contributed by atoms with Crippen molar-refractivity contribution in [3.8, 4) is 33.9 Å². The highest BCUT2D eigenvalue weighted by molar-refractivity contribution is 5.94. The van der Waals surface area contributed by atoms with E-state index < -0.39 is 0 Å². The molecule has 172 valence electrons. The Morgan fingerprint density at radius 2 is 1.52 bits per heavy atom. The molecule has 0 fully saturated rings. The minimum absolute atomic E-state index is 0.367. The summed E-state index contributed by atoms with van der Waals surface area (Å²) in [6.07, 6.45) is 2.26. The van der Waals surface area contributed by atoms with Crippen molar-refractivity contribution in [3.63, 3.8) is 0 Å². The van der Waals surface area contributed by atoms with E-state index in [9.17, 15) is 0 Å². The van der Waals surface area contributed by atoms with Crippen LogP contribution < -0.4 is 14.8 Å². The van der Waals surface area contributed by atoms with E-state index in [0.717, 1.165) is 47.7 Å². The fourth-order valence-electron chi connectivity index (χ4n) is 4.54. The molecule has 0 bridgehead atoms. The molecule has 4 nitrogen and oxygen atoms in total. The Bertz CT molecular complexity index is 1220. The van der Waals surface area contributed by atoms with E-state index in [1.54, 1.807) is 14.2 Å². The van der Waals surface area contributed by atoms with Gasteiger partial charge in [0.1, 0.15) is 0 Å². The molecule has 1 aromatic heterocycles. The van der Waals surface area contributed by atoms with Gasteiger partial charge in [-0.1, -0.05) is 44.2 Å². The van der Waals surface area contributed by atoms with Gasteiger partial charge in [0.2, 0.25) is 0 Å². The third kappa shape index (κ3) is 4.76. The molecule has 3 aromatic carbocycles. The zero-order valence-electron chi connectivity index (χ0n) is 20.3. The van der Waals surface area contributed by atoms with E-state index in [1.165, 1.54) is 27.6 Å². The van der Waals surface area contributed by atoms with Gasteiger partial charge in [-0.3, -0.25) is 0 Å². The summed E-state index contributed by atoms with van der Waals surface area (Å²) in [7, 11) is 5.34. The quantitative estimate of drug-likeness (QED) is 0.280. The molecule has 0 amide bonds. The average molecular weight is 443 g/mol. The van der Waals surface area contributed by atoms with Crippen LogP contribution in [0.25, 0.3) is 33.3 Å². The maximum absolute atomic E-state index is 5.55. The van der Waals surface area contributed by atoms with Crippen molar-refractivity contribution in [3.05, 3.63) is 71.8 Å². The van der Waals surface area contributed by atoms with Gasteiger partial charge in [-0.05, 0) is 84.9 Å². The Hall–Kier alpha value is -3.24. The Balaban J connectivity index is 1.73. The van der Waals surface area contributed by atoms with Crippen LogP contribution in [0.5, 0.6) is 11.5 Å². The molecule has 0 saturated carbocycles. The largest absolute Gasteiger partial charge is 0.493 e. The van der Waals surface area contributed by atoms with Crippen LogP contribution >= 0.6 is 0 Å². The fourth-order valence-corrected chi connectivity index (χ4v) is 4.54. The van der Waals surface area contributed by atoms with Gasteiger partial charge in [0.05, 0.1) is 19.9 Å². The van der Waals surface area contributed by atoms with Gasteiger partial charge < -0.3 is 19.8 Å². The van der Waals surface area contributed by atoms with Gasteiger partial charge in [-0.15, -0.1) is 0 Å². The first-order chi connectivity index (χ1) is 16.0. The molecule has 0 aliphatic heterocycles. The minimum Gasteiger partial charge on any atom is -0.493 e. The first-order valence-electron chi connectivity index (χ1n) is 11.7. The molecule has 0 radical (unpaired) electrons. The molecule has 4 rings (SSSR count). The summed E-state index contributed by atoms with van der Waals surface area (Å²) in [6, 6.07) is 21.8. The number of aromatic nitrogens is 1. The molecule has 0 aliphatic rings. The van der Waals surface area contributed by atoms with Crippen molar-refractivity contribution in [2.75, 3.05) is 27.8 Å². The van der Waals surface area contributed by atoms with Gasteiger partial charge in [-0.25, -0.2) is 0 Å². The van der Waals surface area contributed by atoms with E-state index in [-0.39, 0.29) is 0 Å². The molecule has 0 spiro atoms. The number of ether oxygens (including phenoxy) is 2. The summed E-state index contributed by atoms with van der Waals surface area (Å²) in [5.74, 6) is 1.84. The van der Waals surface area contributed by atoms with Crippen LogP contribution in [0.2, 0.25) is 0 Å². The molecule has 0 unspecified atom stereocenters. The number of aryl methyl sites for hydroxylation is 1. The number of H-pyrrole nitrogens is 1. The SMILES string of the molecule is CNCCCc1ccc(-c2ccc3[nH]c(-c4ccc(OC)c(OC)c4)c(C(C)C)c3c2)cc1. The average Bonchev–Trinajstić information content (AvgIpc) is 3.23. The summed E-state index contributed by atoms with van der Waals surface area (Å²) >= 11 is 0. The number of hydrogen-bond acceptors (Lipinski definition) is 3. The van der Waals surface area contributed by atoms with Crippen LogP contribution in [0.1, 0.15) is 37.3 Å². The molecule has 4 heteroatoms. The molecule has 1 heterocycles. The number of rotatable bonds is 9. The van der Waals surface area contributed by atoms with Crippen molar-refractivity contribution < 1.29 is 9.47 Å². The lowest BCUT2D eigenvalue weighted by molar-refractivity contribution is 0.355. The molecule has 4 aromatic rings. The fraction of sp³-hybridized carbons (Fsp3) is 0.310. The normalized spacial score (nSPS) is 11.3. The highest BCUT2D eigenvalue weighted by Crippen LogP contribution is 2.40. The minimum atomic E-state index is 0.367. The monoisotopic (exact) mass is 442 g/mol.